The number of carbonyl (C=O) groups is 1. The number of rotatable bonds is 7. The molecule has 0 spiro atoms. The molecule has 4 aromatic rings. The van der Waals surface area contributed by atoms with Crippen LogP contribution in [0.4, 0.5) is 0 Å². The predicted molar refractivity (Wildman–Crippen MR) is 130 cm³/mol. The number of benzene rings is 2. The number of hydrazone groups is 1. The van der Waals surface area contributed by atoms with Gasteiger partial charge in [0.25, 0.3) is 0 Å². The number of hydrogen-bond acceptors (Lipinski definition) is 4. The van der Waals surface area contributed by atoms with Gasteiger partial charge in [0.15, 0.2) is 5.76 Å². The molecule has 4 rings (SSSR count). The van der Waals surface area contributed by atoms with Crippen molar-refractivity contribution in [2.45, 2.75) is 20.5 Å². The van der Waals surface area contributed by atoms with Gasteiger partial charge in [0.2, 0.25) is 0 Å². The van der Waals surface area contributed by atoms with Gasteiger partial charge in [-0.15, -0.1) is 0 Å². The van der Waals surface area contributed by atoms with Crippen LogP contribution >= 0.6 is 23.2 Å². The zero-order valence-corrected chi connectivity index (χ0v) is 19.5. The van der Waals surface area contributed by atoms with Crippen molar-refractivity contribution in [3.8, 4) is 11.4 Å². The average Bonchev–Trinajstić information content (AvgIpc) is 3.42. The highest BCUT2D eigenvalue weighted by atomic mass is 35.5. The molecule has 0 fully saturated rings. The van der Waals surface area contributed by atoms with Gasteiger partial charge in [0, 0.05) is 38.2 Å². The molecular weight excluding hydrogens is 461 g/mol. The molecule has 33 heavy (non-hydrogen) atoms. The van der Waals surface area contributed by atoms with Crippen molar-refractivity contribution in [2.75, 3.05) is 0 Å². The Bertz CT molecular complexity index is 1290. The number of furan rings is 1. The van der Waals surface area contributed by atoms with Gasteiger partial charge in [-0.25, -0.2) is 5.43 Å². The van der Waals surface area contributed by atoms with Crippen LogP contribution in [0, 0.1) is 13.8 Å². The molecule has 0 aliphatic heterocycles. The first-order valence-electron chi connectivity index (χ1n) is 10.2. The monoisotopic (exact) mass is 481 g/mol. The van der Waals surface area contributed by atoms with Crippen LogP contribution in [-0.2, 0) is 6.61 Å². The number of aryl methyl sites for hydroxylation is 1. The van der Waals surface area contributed by atoms with Crippen molar-refractivity contribution in [1.82, 2.24) is 9.99 Å². The Balaban J connectivity index is 1.44. The van der Waals surface area contributed by atoms with E-state index in [1.54, 1.807) is 30.5 Å². The summed E-state index contributed by atoms with van der Waals surface area (Å²) in [5, 5.41) is 5.22. The van der Waals surface area contributed by atoms with Gasteiger partial charge < -0.3 is 13.7 Å². The summed E-state index contributed by atoms with van der Waals surface area (Å²) in [6.45, 7) is 4.36. The molecule has 8 heteroatoms. The minimum absolute atomic E-state index is 0.207. The van der Waals surface area contributed by atoms with Crippen LogP contribution in [0.25, 0.3) is 5.69 Å². The third kappa shape index (κ3) is 5.30. The molecule has 6 nitrogen and oxygen atoms in total. The minimum Gasteiger partial charge on any atom is -0.489 e. The Morgan fingerprint density at radius 3 is 2.61 bits per heavy atom. The summed E-state index contributed by atoms with van der Waals surface area (Å²) in [6.07, 6.45) is 3.06. The topological polar surface area (TPSA) is 68.8 Å². The summed E-state index contributed by atoms with van der Waals surface area (Å²) < 4.78 is 13.0. The van der Waals surface area contributed by atoms with E-state index in [1.165, 1.54) is 6.26 Å². The summed E-state index contributed by atoms with van der Waals surface area (Å²) in [6, 6.07) is 18.4. The molecule has 0 radical (unpaired) electrons. The number of hydrogen-bond donors (Lipinski definition) is 1. The molecule has 1 N–H and O–H groups in total. The van der Waals surface area contributed by atoms with Crippen LogP contribution in [-0.4, -0.2) is 16.7 Å². The summed E-state index contributed by atoms with van der Waals surface area (Å²) in [5.41, 5.74) is 7.24. The Morgan fingerprint density at radius 1 is 1.12 bits per heavy atom. The zero-order chi connectivity index (χ0) is 23.4. The maximum Gasteiger partial charge on any atom is 0.307 e. The molecule has 0 saturated heterocycles. The second kappa shape index (κ2) is 9.98. The van der Waals surface area contributed by atoms with Crippen LogP contribution in [0.2, 0.25) is 10.0 Å². The quantitative estimate of drug-likeness (QED) is 0.247. The van der Waals surface area contributed by atoms with Crippen molar-refractivity contribution in [2.24, 2.45) is 5.10 Å². The van der Waals surface area contributed by atoms with Gasteiger partial charge in [-0.3, -0.25) is 4.79 Å². The maximum absolute atomic E-state index is 11.9. The highest BCUT2D eigenvalue weighted by Crippen LogP contribution is 2.25. The third-order valence-electron chi connectivity index (χ3n) is 5.09. The number of halogens is 2. The number of aromatic nitrogens is 1. The molecule has 0 unspecified atom stereocenters. The van der Waals surface area contributed by atoms with Crippen LogP contribution in [0.3, 0.4) is 0 Å². The zero-order valence-electron chi connectivity index (χ0n) is 18.0. The van der Waals surface area contributed by atoms with Crippen molar-refractivity contribution >= 4 is 35.3 Å². The van der Waals surface area contributed by atoms with Crippen LogP contribution < -0.4 is 10.2 Å². The highest BCUT2D eigenvalue weighted by molar-refractivity contribution is 6.35. The molecular formula is C25H21Cl2N3O3. The van der Waals surface area contributed by atoms with Gasteiger partial charge in [-0.2, -0.15) is 5.10 Å². The number of ether oxygens (including phenoxy) is 1. The number of carbonyl (C=O) groups excluding carboxylic acids is 1. The van der Waals surface area contributed by atoms with Crippen LogP contribution in [0.1, 0.15) is 33.1 Å². The normalized spacial score (nSPS) is 11.2. The fourth-order valence-electron chi connectivity index (χ4n) is 3.43. The third-order valence-corrected chi connectivity index (χ3v) is 5.68. The number of amides is 1. The SMILES string of the molecule is Cc1cc(/C=N\NC(=O)c2ccco2)c(C)n1-c1ccc(OCc2ccc(Cl)cc2Cl)cc1. The van der Waals surface area contributed by atoms with Crippen molar-refractivity contribution in [3.63, 3.8) is 0 Å². The predicted octanol–water partition coefficient (Wildman–Crippen LogP) is 6.34. The molecule has 0 saturated carbocycles. The summed E-state index contributed by atoms with van der Waals surface area (Å²) in [4.78, 5) is 11.9. The standard InChI is InChI=1S/C25H21Cl2N3O3/c1-16-12-19(14-28-29-25(31)24-4-3-11-32-24)17(2)30(16)21-7-9-22(10-8-21)33-15-18-5-6-20(26)13-23(18)27/h3-14H,15H2,1-2H3,(H,29,31)/b28-14-. The lowest BCUT2D eigenvalue weighted by Crippen LogP contribution is -2.16. The van der Waals surface area contributed by atoms with Crippen molar-refractivity contribution in [3.05, 3.63) is 105 Å². The highest BCUT2D eigenvalue weighted by Gasteiger charge is 2.11. The molecule has 1 amide bonds. The van der Waals surface area contributed by atoms with E-state index < -0.39 is 5.91 Å². The fraction of sp³-hybridized carbons (Fsp3) is 0.120. The van der Waals surface area contributed by atoms with Crippen molar-refractivity contribution < 1.29 is 13.9 Å². The van der Waals surface area contributed by atoms with Gasteiger partial charge in [-0.05, 0) is 68.4 Å². The summed E-state index contributed by atoms with van der Waals surface area (Å²) >= 11 is 12.2. The second-order valence-electron chi connectivity index (χ2n) is 7.36. The number of nitrogens with zero attached hydrogens (tertiary/aromatic N) is 2. The van der Waals surface area contributed by atoms with E-state index in [9.17, 15) is 4.79 Å². The molecule has 0 aliphatic carbocycles. The smallest absolute Gasteiger partial charge is 0.307 e. The largest absolute Gasteiger partial charge is 0.489 e. The van der Waals surface area contributed by atoms with Gasteiger partial charge in [0.1, 0.15) is 12.4 Å². The molecule has 0 aliphatic rings. The molecule has 0 atom stereocenters. The lowest BCUT2D eigenvalue weighted by atomic mass is 10.2. The van der Waals surface area contributed by atoms with Crippen molar-refractivity contribution in [1.29, 1.82) is 0 Å². The molecule has 2 aromatic carbocycles. The van der Waals surface area contributed by atoms with E-state index in [2.05, 4.69) is 15.1 Å². The Kier molecular flexibility index (Phi) is 6.87. The van der Waals surface area contributed by atoms with E-state index in [-0.39, 0.29) is 5.76 Å². The van der Waals surface area contributed by atoms with E-state index >= 15 is 0 Å². The lowest BCUT2D eigenvalue weighted by Gasteiger charge is -2.12. The first-order valence-corrected chi connectivity index (χ1v) is 10.9. The Hall–Kier alpha value is -3.48. The molecule has 168 valence electrons. The Morgan fingerprint density at radius 2 is 1.91 bits per heavy atom. The molecule has 0 bridgehead atoms. The van der Waals surface area contributed by atoms with Crippen LogP contribution in [0.5, 0.6) is 5.75 Å². The van der Waals surface area contributed by atoms with Gasteiger partial charge in [-0.1, -0.05) is 29.3 Å². The van der Waals surface area contributed by atoms with Gasteiger partial charge >= 0.3 is 5.91 Å². The van der Waals surface area contributed by atoms with E-state index in [0.717, 1.165) is 34.0 Å². The lowest BCUT2D eigenvalue weighted by molar-refractivity contribution is 0.0927. The maximum atomic E-state index is 11.9. The summed E-state index contributed by atoms with van der Waals surface area (Å²) in [7, 11) is 0. The first-order chi connectivity index (χ1) is 15.9. The number of nitrogens with one attached hydrogen (secondary N) is 1. The molecule has 2 aromatic heterocycles. The van der Waals surface area contributed by atoms with Crippen LogP contribution in [0.15, 0.2) is 76.4 Å². The average molecular weight is 482 g/mol. The van der Waals surface area contributed by atoms with E-state index in [1.807, 2.05) is 50.2 Å². The minimum atomic E-state index is -0.402. The Labute approximate surface area is 201 Å². The summed E-state index contributed by atoms with van der Waals surface area (Å²) in [5.74, 6) is 0.536. The first kappa shape index (κ1) is 22.7. The fourth-order valence-corrected chi connectivity index (χ4v) is 3.89. The van der Waals surface area contributed by atoms with Gasteiger partial charge in [0.05, 0.1) is 12.5 Å². The van der Waals surface area contributed by atoms with E-state index in [4.69, 9.17) is 32.4 Å². The van der Waals surface area contributed by atoms with E-state index in [0.29, 0.717) is 16.7 Å². The second-order valence-corrected chi connectivity index (χ2v) is 8.20. The molecule has 2 heterocycles.